The van der Waals surface area contributed by atoms with Gasteiger partial charge in [-0.1, -0.05) is 25.5 Å². The number of ether oxygens (including phenoxy) is 9. The van der Waals surface area contributed by atoms with Crippen molar-refractivity contribution in [3.8, 4) is 5.75 Å². The summed E-state index contributed by atoms with van der Waals surface area (Å²) >= 11 is 0. The Kier molecular flexibility index (Phi) is 25.0. The Bertz CT molecular complexity index is 1000. The fraction of sp³-hybridized carbons (Fsp3) is 0.733. The fourth-order valence-corrected chi connectivity index (χ4v) is 4.20. The number of hydrogen-bond donors (Lipinski definition) is 2. The quantitative estimate of drug-likeness (QED) is 0.0635. The molecule has 0 aliphatic carbocycles. The number of carboxylic acids is 1. The molecule has 2 N–H and O–H groups in total. The molecule has 15 nitrogen and oxygen atoms in total. The molecule has 46 heavy (non-hydrogen) atoms. The highest BCUT2D eigenvalue weighted by atomic mass is 32.2. The number of rotatable bonds is 32. The molecule has 1 unspecified atom stereocenters. The molecule has 0 saturated carbocycles. The van der Waals surface area contributed by atoms with Gasteiger partial charge in [-0.3, -0.25) is 14.1 Å². The molecule has 0 spiro atoms. The minimum absolute atomic E-state index is 0.0635. The first-order valence-electron chi connectivity index (χ1n) is 15.3. The average Bonchev–Trinajstić information content (AvgIpc) is 3.02. The van der Waals surface area contributed by atoms with Gasteiger partial charge < -0.3 is 47.7 Å². The van der Waals surface area contributed by atoms with Crippen molar-refractivity contribution in [1.82, 2.24) is 0 Å². The standard InChI is InChI=1S/C30H50O15S/c1-2-3-4-26-5-7-27(8-6-26)44-23-21-42-19-17-40-15-13-38-11-9-37-10-12-39-14-16-41-18-20-43-22-24-45-30(33)28(25-29(31)32)46(34,35)36/h5-8,28H,2-4,9-25H2,1H3,(H,31,32)(H,34,35,36). The summed E-state index contributed by atoms with van der Waals surface area (Å²) in [6.45, 7) is 7.53. The van der Waals surface area contributed by atoms with Crippen molar-refractivity contribution < 1.29 is 70.3 Å². The first-order valence-corrected chi connectivity index (χ1v) is 16.8. The predicted octanol–water partition coefficient (Wildman–Crippen LogP) is 1.80. The van der Waals surface area contributed by atoms with Gasteiger partial charge in [0, 0.05) is 0 Å². The zero-order valence-corrected chi connectivity index (χ0v) is 27.5. The second-order valence-corrected chi connectivity index (χ2v) is 11.3. The Morgan fingerprint density at radius 1 is 0.652 bits per heavy atom. The molecule has 0 bridgehead atoms. The number of benzene rings is 1. The van der Waals surface area contributed by atoms with Crippen LogP contribution in [0, 0.1) is 0 Å². The van der Waals surface area contributed by atoms with Crippen LogP contribution in [0.25, 0.3) is 0 Å². The molecule has 0 fully saturated rings. The summed E-state index contributed by atoms with van der Waals surface area (Å²) in [6, 6.07) is 8.21. The van der Waals surface area contributed by atoms with Crippen LogP contribution in [0.3, 0.4) is 0 Å². The van der Waals surface area contributed by atoms with E-state index in [-0.39, 0.29) is 26.4 Å². The lowest BCUT2D eigenvalue weighted by molar-refractivity contribution is -0.148. The zero-order chi connectivity index (χ0) is 33.7. The van der Waals surface area contributed by atoms with E-state index in [4.69, 9.17) is 47.6 Å². The molecule has 0 saturated heterocycles. The largest absolute Gasteiger partial charge is 0.491 e. The minimum atomic E-state index is -4.90. The molecule has 0 radical (unpaired) electrons. The summed E-state index contributed by atoms with van der Waals surface area (Å²) in [5, 5.41) is 6.46. The van der Waals surface area contributed by atoms with E-state index in [1.54, 1.807) is 0 Å². The summed E-state index contributed by atoms with van der Waals surface area (Å²) < 4.78 is 79.2. The predicted molar refractivity (Wildman–Crippen MR) is 165 cm³/mol. The molecular weight excluding hydrogens is 632 g/mol. The normalized spacial score (nSPS) is 12.2. The number of carbonyl (C=O) groups is 2. The maximum Gasteiger partial charge on any atom is 0.327 e. The number of unbranched alkanes of at least 4 members (excludes halogenated alkanes) is 1. The van der Waals surface area contributed by atoms with Gasteiger partial charge in [0.2, 0.25) is 0 Å². The maximum absolute atomic E-state index is 11.7. The zero-order valence-electron chi connectivity index (χ0n) is 26.6. The van der Waals surface area contributed by atoms with Gasteiger partial charge in [0.1, 0.15) is 19.0 Å². The van der Waals surface area contributed by atoms with Gasteiger partial charge in [-0.25, -0.2) is 0 Å². The molecular formula is C30H50O15S. The molecule has 1 aromatic rings. The van der Waals surface area contributed by atoms with E-state index < -0.39 is 33.7 Å². The lowest BCUT2D eigenvalue weighted by Crippen LogP contribution is -2.34. The van der Waals surface area contributed by atoms with Crippen LogP contribution in [0.1, 0.15) is 31.7 Å². The van der Waals surface area contributed by atoms with E-state index in [9.17, 15) is 18.0 Å². The van der Waals surface area contributed by atoms with Crippen LogP contribution < -0.4 is 4.74 Å². The van der Waals surface area contributed by atoms with Crippen LogP contribution in [-0.4, -0.2) is 141 Å². The van der Waals surface area contributed by atoms with Crippen LogP contribution in [0.15, 0.2) is 24.3 Å². The van der Waals surface area contributed by atoms with Crippen molar-refractivity contribution in [3.63, 3.8) is 0 Å². The Morgan fingerprint density at radius 3 is 1.41 bits per heavy atom. The lowest BCUT2D eigenvalue weighted by atomic mass is 10.1. The number of aliphatic carboxylic acids is 1. The van der Waals surface area contributed by atoms with E-state index >= 15 is 0 Å². The van der Waals surface area contributed by atoms with Crippen LogP contribution in [0.5, 0.6) is 5.75 Å². The third kappa shape index (κ3) is 23.9. The van der Waals surface area contributed by atoms with Gasteiger partial charge in [-0.05, 0) is 30.5 Å². The molecule has 1 aromatic carbocycles. The topological polar surface area (TPSA) is 192 Å². The third-order valence-corrected chi connectivity index (χ3v) is 7.00. The van der Waals surface area contributed by atoms with Crippen molar-refractivity contribution in [2.45, 2.75) is 37.9 Å². The summed E-state index contributed by atoms with van der Waals surface area (Å²) in [7, 11) is -4.90. The molecule has 0 aromatic heterocycles. The Hall–Kier alpha value is -2.41. The molecule has 266 valence electrons. The lowest BCUT2D eigenvalue weighted by Gasteiger charge is -2.11. The number of hydrogen-bond acceptors (Lipinski definition) is 13. The molecule has 0 heterocycles. The average molecular weight is 683 g/mol. The highest BCUT2D eigenvalue weighted by molar-refractivity contribution is 7.87. The van der Waals surface area contributed by atoms with Gasteiger partial charge in [0.25, 0.3) is 10.1 Å². The first-order chi connectivity index (χ1) is 22.2. The van der Waals surface area contributed by atoms with Gasteiger partial charge in [-0.15, -0.1) is 0 Å². The van der Waals surface area contributed by atoms with Crippen molar-refractivity contribution in [3.05, 3.63) is 29.8 Å². The second-order valence-electron chi connectivity index (χ2n) is 9.65. The van der Waals surface area contributed by atoms with E-state index in [0.29, 0.717) is 79.3 Å². The van der Waals surface area contributed by atoms with Crippen molar-refractivity contribution >= 4 is 22.1 Å². The van der Waals surface area contributed by atoms with Gasteiger partial charge in [-0.2, -0.15) is 8.42 Å². The van der Waals surface area contributed by atoms with E-state index in [0.717, 1.165) is 12.2 Å². The Labute approximate surface area is 271 Å². The third-order valence-electron chi connectivity index (χ3n) is 5.93. The smallest absolute Gasteiger partial charge is 0.327 e. The van der Waals surface area contributed by atoms with Crippen LogP contribution in [0.2, 0.25) is 0 Å². The molecule has 0 amide bonds. The van der Waals surface area contributed by atoms with Crippen LogP contribution in [-0.2, 0) is 64.0 Å². The Balaban J connectivity index is 1.77. The maximum atomic E-state index is 11.7. The van der Waals surface area contributed by atoms with Crippen molar-refractivity contribution in [2.75, 3.05) is 106 Å². The number of esters is 1. The van der Waals surface area contributed by atoms with Gasteiger partial charge in [0.15, 0.2) is 5.25 Å². The summed E-state index contributed by atoms with van der Waals surface area (Å²) in [4.78, 5) is 22.3. The molecule has 1 atom stereocenters. The van der Waals surface area contributed by atoms with Crippen molar-refractivity contribution in [1.29, 1.82) is 0 Å². The molecule has 1 rings (SSSR count). The Morgan fingerprint density at radius 2 is 1.04 bits per heavy atom. The van der Waals surface area contributed by atoms with Crippen molar-refractivity contribution in [2.24, 2.45) is 0 Å². The monoisotopic (exact) mass is 682 g/mol. The number of aryl methyl sites for hydroxylation is 1. The molecule has 0 aliphatic rings. The van der Waals surface area contributed by atoms with E-state index in [2.05, 4.69) is 23.8 Å². The fourth-order valence-electron chi connectivity index (χ4n) is 3.54. The molecule has 16 heteroatoms. The van der Waals surface area contributed by atoms with E-state index in [1.807, 2.05) is 12.1 Å². The summed E-state index contributed by atoms with van der Waals surface area (Å²) in [5.41, 5.74) is 1.33. The van der Waals surface area contributed by atoms with E-state index in [1.165, 1.54) is 18.4 Å². The highest BCUT2D eigenvalue weighted by Gasteiger charge is 2.34. The highest BCUT2D eigenvalue weighted by Crippen LogP contribution is 2.14. The second kappa shape index (κ2) is 27.7. The van der Waals surface area contributed by atoms with Gasteiger partial charge >= 0.3 is 11.9 Å². The minimum Gasteiger partial charge on any atom is -0.491 e. The molecule has 0 aliphatic heterocycles. The van der Waals surface area contributed by atoms with Crippen LogP contribution in [0.4, 0.5) is 0 Å². The van der Waals surface area contributed by atoms with Crippen LogP contribution >= 0.6 is 0 Å². The summed E-state index contributed by atoms with van der Waals surface area (Å²) in [5.74, 6) is -2.08. The van der Waals surface area contributed by atoms with Gasteiger partial charge in [0.05, 0.1) is 98.9 Å². The first kappa shape index (κ1) is 41.6. The number of carboxylic acid groups (broad SMARTS) is 1. The SMILES string of the molecule is CCCCc1ccc(OCCOCCOCCOCCOCCOCCOCCOCCOC(=O)C(CC(=O)O)S(=O)(=O)O)cc1. The summed E-state index contributed by atoms with van der Waals surface area (Å²) in [6.07, 6.45) is 2.38. The number of carbonyl (C=O) groups excluding carboxylic acids is 1.